The Hall–Kier alpha value is -2.21. The molecule has 5 nitrogen and oxygen atoms in total. The second kappa shape index (κ2) is 6.59. The number of halogens is 1. The van der Waals surface area contributed by atoms with Crippen molar-refractivity contribution < 1.29 is 9.18 Å². The minimum absolute atomic E-state index is 0.145. The number of para-hydroxylation sites is 1. The summed E-state index contributed by atoms with van der Waals surface area (Å²) in [7, 11) is 0. The molecule has 3 N–H and O–H groups in total. The number of aromatic nitrogens is 2. The Kier molecular flexibility index (Phi) is 4.29. The minimum atomic E-state index is -0.326. The lowest BCUT2D eigenvalue weighted by Gasteiger charge is -2.26. The van der Waals surface area contributed by atoms with Gasteiger partial charge in [-0.05, 0) is 57.1 Å². The molecule has 0 bridgehead atoms. The Morgan fingerprint density at radius 3 is 2.72 bits per heavy atom. The largest absolute Gasteiger partial charge is 0.348 e. The molecule has 1 amide bonds. The molecule has 0 spiro atoms. The SMILES string of the molecule is NC1CCC(NC(=O)c2nn(-c3ccccc3F)c3c2CCC3)CC1. The van der Waals surface area contributed by atoms with Gasteiger partial charge in [0.05, 0.1) is 0 Å². The van der Waals surface area contributed by atoms with Gasteiger partial charge in [-0.3, -0.25) is 4.79 Å². The number of nitrogens with zero attached hydrogens (tertiary/aromatic N) is 2. The fourth-order valence-corrected chi connectivity index (χ4v) is 3.96. The van der Waals surface area contributed by atoms with E-state index in [-0.39, 0.29) is 23.8 Å². The first kappa shape index (κ1) is 16.3. The summed E-state index contributed by atoms with van der Waals surface area (Å²) >= 11 is 0. The average Bonchev–Trinajstić information content (AvgIpc) is 3.20. The maximum atomic E-state index is 14.2. The van der Waals surface area contributed by atoms with Crippen LogP contribution in [0.2, 0.25) is 0 Å². The molecule has 1 aromatic heterocycles. The van der Waals surface area contributed by atoms with E-state index in [1.807, 2.05) is 0 Å². The number of nitrogens with one attached hydrogen (secondary N) is 1. The van der Waals surface area contributed by atoms with Crippen LogP contribution in [0.4, 0.5) is 4.39 Å². The van der Waals surface area contributed by atoms with Crippen molar-refractivity contribution in [2.45, 2.75) is 57.0 Å². The van der Waals surface area contributed by atoms with Crippen LogP contribution in [0, 0.1) is 5.82 Å². The van der Waals surface area contributed by atoms with E-state index in [9.17, 15) is 9.18 Å². The van der Waals surface area contributed by atoms with E-state index in [1.165, 1.54) is 6.07 Å². The Labute approximate surface area is 146 Å². The number of benzene rings is 1. The molecular formula is C19H23FN4O. The van der Waals surface area contributed by atoms with Gasteiger partial charge < -0.3 is 11.1 Å². The van der Waals surface area contributed by atoms with Crippen molar-refractivity contribution in [2.24, 2.45) is 5.73 Å². The lowest BCUT2D eigenvalue weighted by molar-refractivity contribution is 0.0919. The van der Waals surface area contributed by atoms with Crippen molar-refractivity contribution in [2.75, 3.05) is 0 Å². The van der Waals surface area contributed by atoms with Crippen molar-refractivity contribution >= 4 is 5.91 Å². The molecule has 2 aliphatic carbocycles. The number of amides is 1. The van der Waals surface area contributed by atoms with Crippen molar-refractivity contribution in [1.29, 1.82) is 0 Å². The van der Waals surface area contributed by atoms with Crippen molar-refractivity contribution in [3.05, 3.63) is 47.0 Å². The van der Waals surface area contributed by atoms with Gasteiger partial charge in [0.2, 0.25) is 0 Å². The maximum Gasteiger partial charge on any atom is 0.272 e. The third-order valence-electron chi connectivity index (χ3n) is 5.33. The van der Waals surface area contributed by atoms with Crippen molar-refractivity contribution in [1.82, 2.24) is 15.1 Å². The van der Waals surface area contributed by atoms with Crippen LogP contribution in [0.25, 0.3) is 5.69 Å². The molecule has 0 aliphatic heterocycles. The number of nitrogens with two attached hydrogens (primary N) is 1. The topological polar surface area (TPSA) is 72.9 Å². The lowest BCUT2D eigenvalue weighted by atomic mass is 9.92. The quantitative estimate of drug-likeness (QED) is 0.900. The summed E-state index contributed by atoms with van der Waals surface area (Å²) in [5.41, 5.74) is 8.71. The molecule has 4 rings (SSSR count). The molecule has 132 valence electrons. The van der Waals surface area contributed by atoms with Crippen LogP contribution in [0.1, 0.15) is 53.8 Å². The smallest absolute Gasteiger partial charge is 0.272 e. The summed E-state index contributed by atoms with van der Waals surface area (Å²) in [5, 5.41) is 7.58. The summed E-state index contributed by atoms with van der Waals surface area (Å²) in [5.74, 6) is -0.471. The summed E-state index contributed by atoms with van der Waals surface area (Å²) in [6.07, 6.45) is 6.30. The van der Waals surface area contributed by atoms with Gasteiger partial charge in [-0.15, -0.1) is 0 Å². The summed E-state index contributed by atoms with van der Waals surface area (Å²) < 4.78 is 15.8. The van der Waals surface area contributed by atoms with Gasteiger partial charge in [-0.2, -0.15) is 5.10 Å². The van der Waals surface area contributed by atoms with E-state index in [1.54, 1.807) is 22.9 Å². The van der Waals surface area contributed by atoms with Crippen LogP contribution in [0.5, 0.6) is 0 Å². The zero-order valence-corrected chi connectivity index (χ0v) is 14.2. The minimum Gasteiger partial charge on any atom is -0.348 e. The fraction of sp³-hybridized carbons (Fsp3) is 0.474. The molecule has 1 aromatic carbocycles. The van der Waals surface area contributed by atoms with E-state index < -0.39 is 0 Å². The normalized spacial score (nSPS) is 22.6. The zero-order valence-electron chi connectivity index (χ0n) is 14.2. The Morgan fingerprint density at radius 1 is 1.20 bits per heavy atom. The van der Waals surface area contributed by atoms with Gasteiger partial charge in [0.15, 0.2) is 5.69 Å². The molecule has 25 heavy (non-hydrogen) atoms. The van der Waals surface area contributed by atoms with Gasteiger partial charge in [-0.25, -0.2) is 9.07 Å². The first-order chi connectivity index (χ1) is 12.1. The third-order valence-corrected chi connectivity index (χ3v) is 5.33. The molecule has 0 saturated heterocycles. The highest BCUT2D eigenvalue weighted by Crippen LogP contribution is 2.29. The molecule has 6 heteroatoms. The van der Waals surface area contributed by atoms with E-state index in [0.29, 0.717) is 11.4 Å². The van der Waals surface area contributed by atoms with Gasteiger partial charge in [0, 0.05) is 23.3 Å². The first-order valence-corrected chi connectivity index (χ1v) is 9.05. The van der Waals surface area contributed by atoms with Crippen molar-refractivity contribution in [3.63, 3.8) is 0 Å². The van der Waals surface area contributed by atoms with Crippen LogP contribution in [-0.2, 0) is 12.8 Å². The van der Waals surface area contributed by atoms with Gasteiger partial charge in [-0.1, -0.05) is 12.1 Å². The second-order valence-electron chi connectivity index (χ2n) is 7.08. The van der Waals surface area contributed by atoms with E-state index in [0.717, 1.165) is 56.2 Å². The van der Waals surface area contributed by atoms with E-state index >= 15 is 0 Å². The van der Waals surface area contributed by atoms with Crippen LogP contribution < -0.4 is 11.1 Å². The average molecular weight is 342 g/mol. The first-order valence-electron chi connectivity index (χ1n) is 9.05. The molecular weight excluding hydrogens is 319 g/mol. The molecule has 1 heterocycles. The second-order valence-corrected chi connectivity index (χ2v) is 7.08. The van der Waals surface area contributed by atoms with Gasteiger partial charge in [0.1, 0.15) is 11.5 Å². The number of carbonyl (C=O) groups excluding carboxylic acids is 1. The molecule has 1 saturated carbocycles. The molecule has 2 aliphatic rings. The summed E-state index contributed by atoms with van der Waals surface area (Å²) in [6, 6.07) is 6.96. The predicted octanol–water partition coefficient (Wildman–Crippen LogP) is 2.50. The van der Waals surface area contributed by atoms with Crippen molar-refractivity contribution in [3.8, 4) is 5.69 Å². The number of hydrogen-bond donors (Lipinski definition) is 2. The van der Waals surface area contributed by atoms with Crippen LogP contribution in [0.15, 0.2) is 24.3 Å². The van der Waals surface area contributed by atoms with Gasteiger partial charge >= 0.3 is 0 Å². The van der Waals surface area contributed by atoms with Crippen LogP contribution in [-0.4, -0.2) is 27.8 Å². The van der Waals surface area contributed by atoms with Crippen LogP contribution in [0.3, 0.4) is 0 Å². The summed E-state index contributed by atoms with van der Waals surface area (Å²) in [6.45, 7) is 0. The highest BCUT2D eigenvalue weighted by atomic mass is 19.1. The molecule has 0 atom stereocenters. The number of carbonyl (C=O) groups is 1. The number of fused-ring (bicyclic) bond motifs is 1. The Balaban J connectivity index is 1.61. The number of hydrogen-bond acceptors (Lipinski definition) is 3. The van der Waals surface area contributed by atoms with E-state index in [4.69, 9.17) is 5.73 Å². The highest BCUT2D eigenvalue weighted by Gasteiger charge is 2.29. The Bertz CT molecular complexity index is 793. The summed E-state index contributed by atoms with van der Waals surface area (Å²) in [4.78, 5) is 12.8. The fourth-order valence-electron chi connectivity index (χ4n) is 3.96. The highest BCUT2D eigenvalue weighted by molar-refractivity contribution is 5.94. The van der Waals surface area contributed by atoms with Crippen LogP contribution >= 0.6 is 0 Å². The van der Waals surface area contributed by atoms with E-state index in [2.05, 4.69) is 10.4 Å². The maximum absolute atomic E-state index is 14.2. The number of rotatable bonds is 3. The molecule has 1 fully saturated rings. The standard InChI is InChI=1S/C19H23FN4O/c20-15-5-1-2-6-17(15)24-16-7-3-4-14(16)18(23-24)19(25)22-13-10-8-12(21)9-11-13/h1-2,5-6,12-13H,3-4,7-11,21H2,(H,22,25). The lowest BCUT2D eigenvalue weighted by Crippen LogP contribution is -2.40. The monoisotopic (exact) mass is 342 g/mol. The van der Waals surface area contributed by atoms with Gasteiger partial charge in [0.25, 0.3) is 5.91 Å². The predicted molar refractivity (Wildman–Crippen MR) is 93.2 cm³/mol. The molecule has 0 unspecified atom stereocenters. The Morgan fingerprint density at radius 2 is 1.96 bits per heavy atom. The molecule has 2 aromatic rings. The zero-order chi connectivity index (χ0) is 17.4. The molecule has 0 radical (unpaired) electrons. The third kappa shape index (κ3) is 3.06.